The monoisotopic (exact) mass is 541 g/mol. The Hall–Kier alpha value is -3.36. The van der Waals surface area contributed by atoms with Gasteiger partial charge in [-0.15, -0.1) is 0 Å². The summed E-state index contributed by atoms with van der Waals surface area (Å²) in [6, 6.07) is 22.6. The van der Waals surface area contributed by atoms with E-state index >= 15 is 0 Å². The zero-order valence-electron chi connectivity index (χ0n) is 21.2. The average Bonchev–Trinajstić information content (AvgIpc) is 2.88. The van der Waals surface area contributed by atoms with Crippen molar-refractivity contribution >= 4 is 39.1 Å². The lowest BCUT2D eigenvalue weighted by atomic mass is 10.0. The largest absolute Gasteiger partial charge is 0.357 e. The maximum Gasteiger partial charge on any atom is 0.244 e. The van der Waals surface area contributed by atoms with Crippen LogP contribution in [0.5, 0.6) is 0 Å². The summed E-state index contributed by atoms with van der Waals surface area (Å²) >= 11 is 6.19. The maximum atomic E-state index is 13.8. The predicted octanol–water partition coefficient (Wildman–Crippen LogP) is 4.05. The van der Waals surface area contributed by atoms with Crippen LogP contribution in [0.4, 0.5) is 5.69 Å². The molecule has 0 fully saturated rings. The lowest BCUT2D eigenvalue weighted by Gasteiger charge is -2.33. The number of nitrogens with zero attached hydrogens (tertiary/aromatic N) is 2. The number of carbonyl (C=O) groups excluding carboxylic acids is 2. The number of carbonyl (C=O) groups is 2. The van der Waals surface area contributed by atoms with Crippen molar-refractivity contribution in [1.82, 2.24) is 10.2 Å². The van der Waals surface area contributed by atoms with E-state index in [1.807, 2.05) is 55.5 Å². The van der Waals surface area contributed by atoms with Gasteiger partial charge in [-0.3, -0.25) is 13.9 Å². The lowest BCUT2D eigenvalue weighted by Crippen LogP contribution is -2.52. The number of rotatable bonds is 11. The van der Waals surface area contributed by atoms with Crippen LogP contribution in [-0.4, -0.2) is 51.0 Å². The van der Waals surface area contributed by atoms with Crippen molar-refractivity contribution in [3.8, 4) is 0 Å². The van der Waals surface area contributed by atoms with E-state index in [-0.39, 0.29) is 18.9 Å². The molecule has 7 nitrogen and oxygen atoms in total. The summed E-state index contributed by atoms with van der Waals surface area (Å²) in [6.07, 6.45) is 2.13. The zero-order valence-corrected chi connectivity index (χ0v) is 22.8. The second-order valence-electron chi connectivity index (χ2n) is 8.76. The smallest absolute Gasteiger partial charge is 0.244 e. The third-order valence-corrected chi connectivity index (χ3v) is 7.45. The molecule has 37 heavy (non-hydrogen) atoms. The van der Waals surface area contributed by atoms with Crippen LogP contribution in [-0.2, 0) is 39.0 Å². The molecule has 2 amide bonds. The second-order valence-corrected chi connectivity index (χ2v) is 11.1. The Labute approximate surface area is 224 Å². The quantitative estimate of drug-likeness (QED) is 0.397. The second kappa shape index (κ2) is 12.7. The van der Waals surface area contributed by atoms with Gasteiger partial charge in [0.05, 0.1) is 11.9 Å². The van der Waals surface area contributed by atoms with Gasteiger partial charge in [-0.1, -0.05) is 73.1 Å². The van der Waals surface area contributed by atoms with Gasteiger partial charge in [-0.2, -0.15) is 0 Å². The number of amides is 2. The first kappa shape index (κ1) is 28.2. The molecule has 0 unspecified atom stereocenters. The number of anilines is 1. The van der Waals surface area contributed by atoms with Crippen molar-refractivity contribution in [2.24, 2.45) is 0 Å². The van der Waals surface area contributed by atoms with Gasteiger partial charge in [0.1, 0.15) is 12.6 Å². The summed E-state index contributed by atoms with van der Waals surface area (Å²) in [4.78, 5) is 28.4. The maximum absolute atomic E-state index is 13.8. The summed E-state index contributed by atoms with van der Waals surface area (Å²) in [5.41, 5.74) is 3.03. The van der Waals surface area contributed by atoms with Gasteiger partial charge in [-0.25, -0.2) is 8.42 Å². The predicted molar refractivity (Wildman–Crippen MR) is 148 cm³/mol. The van der Waals surface area contributed by atoms with E-state index in [4.69, 9.17) is 11.6 Å². The van der Waals surface area contributed by atoms with Crippen molar-refractivity contribution in [3.05, 3.63) is 101 Å². The summed E-state index contributed by atoms with van der Waals surface area (Å²) in [6.45, 7) is 1.63. The lowest BCUT2D eigenvalue weighted by molar-refractivity contribution is -0.139. The molecule has 0 aliphatic heterocycles. The molecule has 9 heteroatoms. The van der Waals surface area contributed by atoms with Gasteiger partial charge in [0.15, 0.2) is 0 Å². The van der Waals surface area contributed by atoms with Crippen LogP contribution in [0, 0.1) is 0 Å². The standard InChI is InChI=1S/C28H32ClN3O4S/c1-4-21-13-15-25(16-14-21)32(37(3,35)36)20-27(33)31(19-23-11-8-12-24(29)17-23)26(28(34)30-2)18-22-9-6-5-7-10-22/h5-17,26H,4,18-20H2,1-3H3,(H,30,34)/t26-/m1/s1. The highest BCUT2D eigenvalue weighted by atomic mass is 35.5. The Morgan fingerprint density at radius 1 is 0.919 bits per heavy atom. The Bertz CT molecular complexity index is 1310. The van der Waals surface area contributed by atoms with E-state index in [0.717, 1.165) is 33.7 Å². The molecule has 0 aromatic heterocycles. The van der Waals surface area contributed by atoms with E-state index in [0.29, 0.717) is 10.7 Å². The molecule has 0 radical (unpaired) electrons. The molecule has 1 atom stereocenters. The Kier molecular flexibility index (Phi) is 9.72. The summed E-state index contributed by atoms with van der Waals surface area (Å²) in [7, 11) is -2.28. The molecule has 0 spiro atoms. The highest BCUT2D eigenvalue weighted by Gasteiger charge is 2.32. The van der Waals surface area contributed by atoms with E-state index in [2.05, 4.69) is 5.32 Å². The van der Waals surface area contributed by atoms with Crippen LogP contribution in [0.25, 0.3) is 0 Å². The van der Waals surface area contributed by atoms with Gasteiger partial charge < -0.3 is 10.2 Å². The Morgan fingerprint density at radius 3 is 2.14 bits per heavy atom. The molecule has 0 aliphatic rings. The van der Waals surface area contributed by atoms with E-state index in [1.54, 1.807) is 30.3 Å². The summed E-state index contributed by atoms with van der Waals surface area (Å²) in [5.74, 6) is -0.855. The fraction of sp³-hybridized carbons (Fsp3) is 0.286. The fourth-order valence-electron chi connectivity index (χ4n) is 4.06. The topological polar surface area (TPSA) is 86.8 Å². The minimum absolute atomic E-state index is 0.0800. The van der Waals surface area contributed by atoms with Crippen molar-refractivity contribution in [1.29, 1.82) is 0 Å². The van der Waals surface area contributed by atoms with Crippen molar-refractivity contribution in [3.63, 3.8) is 0 Å². The first-order valence-corrected chi connectivity index (χ1v) is 14.2. The number of halogens is 1. The normalized spacial score (nSPS) is 12.0. The molecule has 0 aliphatic carbocycles. The van der Waals surface area contributed by atoms with Crippen LogP contribution in [0.1, 0.15) is 23.6 Å². The molecule has 0 heterocycles. The molecule has 0 saturated heterocycles. The molecule has 3 aromatic carbocycles. The minimum atomic E-state index is -3.79. The molecule has 1 N–H and O–H groups in total. The molecular formula is C28H32ClN3O4S. The van der Waals surface area contributed by atoms with Crippen molar-refractivity contribution in [2.75, 3.05) is 24.2 Å². The number of nitrogens with one attached hydrogen (secondary N) is 1. The van der Waals surface area contributed by atoms with Crippen LogP contribution in [0.3, 0.4) is 0 Å². The summed E-state index contributed by atoms with van der Waals surface area (Å²) in [5, 5.41) is 3.15. The summed E-state index contributed by atoms with van der Waals surface area (Å²) < 4.78 is 26.6. The van der Waals surface area contributed by atoms with Crippen molar-refractivity contribution < 1.29 is 18.0 Å². The number of benzene rings is 3. The van der Waals surface area contributed by atoms with E-state index in [1.165, 1.54) is 11.9 Å². The average molecular weight is 542 g/mol. The minimum Gasteiger partial charge on any atom is -0.357 e. The number of hydrogen-bond acceptors (Lipinski definition) is 4. The van der Waals surface area contributed by atoms with Crippen LogP contribution in [0.15, 0.2) is 78.9 Å². The number of sulfonamides is 1. The zero-order chi connectivity index (χ0) is 27.0. The number of aryl methyl sites for hydroxylation is 1. The number of hydrogen-bond donors (Lipinski definition) is 1. The number of likely N-dealkylation sites (N-methyl/N-ethyl adjacent to an activating group) is 1. The highest BCUT2D eigenvalue weighted by Crippen LogP contribution is 2.22. The molecule has 196 valence electrons. The van der Waals surface area contributed by atoms with Gasteiger partial charge in [0.25, 0.3) is 0 Å². The van der Waals surface area contributed by atoms with Gasteiger partial charge in [0.2, 0.25) is 21.8 Å². The van der Waals surface area contributed by atoms with Crippen LogP contribution < -0.4 is 9.62 Å². The Morgan fingerprint density at radius 2 is 1.57 bits per heavy atom. The van der Waals surface area contributed by atoms with Crippen LogP contribution >= 0.6 is 11.6 Å². The fourth-order valence-corrected chi connectivity index (χ4v) is 5.13. The van der Waals surface area contributed by atoms with Crippen molar-refractivity contribution in [2.45, 2.75) is 32.4 Å². The molecular weight excluding hydrogens is 510 g/mol. The van der Waals surface area contributed by atoms with Gasteiger partial charge in [0, 0.05) is 25.0 Å². The SMILES string of the molecule is CCc1ccc(N(CC(=O)N(Cc2cccc(Cl)c2)[C@H](Cc2ccccc2)C(=O)NC)S(C)(=O)=O)cc1. The first-order valence-electron chi connectivity index (χ1n) is 12.0. The molecule has 3 rings (SSSR count). The van der Waals surface area contributed by atoms with E-state index < -0.39 is 28.5 Å². The Balaban J connectivity index is 2.01. The van der Waals surface area contributed by atoms with Crippen LogP contribution in [0.2, 0.25) is 5.02 Å². The third-order valence-electron chi connectivity index (χ3n) is 6.07. The molecule has 0 saturated carbocycles. The van der Waals surface area contributed by atoms with Gasteiger partial charge in [-0.05, 0) is 47.4 Å². The van der Waals surface area contributed by atoms with Gasteiger partial charge >= 0.3 is 0 Å². The molecule has 3 aromatic rings. The highest BCUT2D eigenvalue weighted by molar-refractivity contribution is 7.92. The molecule has 0 bridgehead atoms. The van der Waals surface area contributed by atoms with E-state index in [9.17, 15) is 18.0 Å². The first-order chi connectivity index (χ1) is 17.6. The third kappa shape index (κ3) is 7.81.